The Morgan fingerprint density at radius 3 is 2.50 bits per heavy atom. The van der Waals surface area contributed by atoms with E-state index in [1.54, 1.807) is 22.7 Å². The highest BCUT2D eigenvalue weighted by Crippen LogP contribution is 2.61. The van der Waals surface area contributed by atoms with E-state index in [2.05, 4.69) is 15.5 Å². The van der Waals surface area contributed by atoms with Crippen LogP contribution in [-0.4, -0.2) is 16.1 Å². The lowest BCUT2D eigenvalue weighted by Crippen LogP contribution is -2.48. The van der Waals surface area contributed by atoms with E-state index < -0.39 is 0 Å². The maximum atomic E-state index is 12.2. The summed E-state index contributed by atoms with van der Waals surface area (Å²) in [6.45, 7) is 0. The zero-order valence-electron chi connectivity index (χ0n) is 13.5. The number of nitrogens with zero attached hydrogens (tertiary/aromatic N) is 2. The highest BCUT2D eigenvalue weighted by molar-refractivity contribution is 7.15. The molecule has 4 saturated carbocycles. The SMILES string of the molecule is O=C(Cc1ccsc1)Nc1nnc(C23CC4CC(CC(C4)C2)C3)s1. The van der Waals surface area contributed by atoms with Crippen LogP contribution in [0.2, 0.25) is 0 Å². The first-order valence-corrected chi connectivity index (χ1v) is 10.6. The molecule has 1 amide bonds. The number of hydrogen-bond donors (Lipinski definition) is 1. The molecule has 126 valence electrons. The van der Waals surface area contributed by atoms with Crippen molar-refractivity contribution in [1.29, 1.82) is 0 Å². The van der Waals surface area contributed by atoms with Gasteiger partial charge in [0.05, 0.1) is 6.42 Å². The van der Waals surface area contributed by atoms with Crippen LogP contribution in [0.1, 0.15) is 49.1 Å². The molecule has 0 aromatic carbocycles. The molecule has 6 heteroatoms. The average molecular weight is 360 g/mol. The minimum atomic E-state index is 0.00149. The van der Waals surface area contributed by atoms with Crippen LogP contribution < -0.4 is 5.32 Å². The number of amides is 1. The van der Waals surface area contributed by atoms with Crippen LogP contribution in [-0.2, 0) is 16.6 Å². The lowest BCUT2D eigenvalue weighted by Gasteiger charge is -2.55. The van der Waals surface area contributed by atoms with Crippen LogP contribution in [0.25, 0.3) is 0 Å². The number of aromatic nitrogens is 2. The molecule has 1 N–H and O–H groups in total. The monoisotopic (exact) mass is 359 g/mol. The summed E-state index contributed by atoms with van der Waals surface area (Å²) in [5.41, 5.74) is 1.33. The molecular weight excluding hydrogens is 338 g/mol. The Hall–Kier alpha value is -1.27. The van der Waals surface area contributed by atoms with E-state index in [9.17, 15) is 4.79 Å². The molecule has 4 aliphatic rings. The van der Waals surface area contributed by atoms with Crippen LogP contribution in [0.3, 0.4) is 0 Å². The Morgan fingerprint density at radius 1 is 1.17 bits per heavy atom. The molecule has 0 atom stereocenters. The fourth-order valence-corrected chi connectivity index (χ4v) is 7.25. The van der Waals surface area contributed by atoms with Crippen molar-refractivity contribution in [3.05, 3.63) is 27.4 Å². The van der Waals surface area contributed by atoms with E-state index in [-0.39, 0.29) is 11.3 Å². The third kappa shape index (κ3) is 2.60. The molecule has 2 aromatic rings. The number of thiophene rings is 1. The Balaban J connectivity index is 1.31. The third-order valence-corrected chi connectivity index (χ3v) is 7.93. The van der Waals surface area contributed by atoms with Crippen molar-refractivity contribution < 1.29 is 4.79 Å². The fourth-order valence-electron chi connectivity index (χ4n) is 5.60. The van der Waals surface area contributed by atoms with Gasteiger partial charge in [0, 0.05) is 5.41 Å². The van der Waals surface area contributed by atoms with Crippen molar-refractivity contribution in [2.75, 3.05) is 5.32 Å². The van der Waals surface area contributed by atoms with Gasteiger partial charge in [0.2, 0.25) is 11.0 Å². The van der Waals surface area contributed by atoms with Gasteiger partial charge in [-0.05, 0) is 78.7 Å². The van der Waals surface area contributed by atoms with Gasteiger partial charge in [-0.1, -0.05) is 11.3 Å². The third-order valence-electron chi connectivity index (χ3n) is 6.11. The summed E-state index contributed by atoms with van der Waals surface area (Å²) in [4.78, 5) is 12.2. The van der Waals surface area contributed by atoms with Crippen LogP contribution in [0.5, 0.6) is 0 Å². The van der Waals surface area contributed by atoms with Crippen molar-refractivity contribution in [2.24, 2.45) is 17.8 Å². The highest BCUT2D eigenvalue weighted by atomic mass is 32.1. The van der Waals surface area contributed by atoms with Gasteiger partial charge in [-0.25, -0.2) is 0 Å². The molecule has 4 aliphatic carbocycles. The molecule has 24 heavy (non-hydrogen) atoms. The first-order chi connectivity index (χ1) is 11.7. The average Bonchev–Trinajstić information content (AvgIpc) is 3.18. The summed E-state index contributed by atoms with van der Waals surface area (Å²) in [5.74, 6) is 2.70. The fraction of sp³-hybridized carbons (Fsp3) is 0.611. The van der Waals surface area contributed by atoms with E-state index >= 15 is 0 Å². The predicted octanol–water partition coefficient (Wildman–Crippen LogP) is 4.25. The minimum Gasteiger partial charge on any atom is -0.300 e. The Morgan fingerprint density at radius 2 is 1.88 bits per heavy atom. The first kappa shape index (κ1) is 15.0. The summed E-state index contributed by atoms with van der Waals surface area (Å²) >= 11 is 3.23. The maximum Gasteiger partial charge on any atom is 0.230 e. The predicted molar refractivity (Wildman–Crippen MR) is 96.4 cm³/mol. The van der Waals surface area contributed by atoms with Crippen LogP contribution in [0.15, 0.2) is 16.8 Å². The van der Waals surface area contributed by atoms with E-state index in [4.69, 9.17) is 0 Å². The number of rotatable bonds is 4. The molecule has 4 bridgehead atoms. The van der Waals surface area contributed by atoms with Crippen molar-refractivity contribution in [1.82, 2.24) is 10.2 Å². The zero-order valence-corrected chi connectivity index (χ0v) is 15.2. The van der Waals surface area contributed by atoms with Crippen molar-refractivity contribution >= 4 is 33.7 Å². The second kappa shape index (κ2) is 5.63. The smallest absolute Gasteiger partial charge is 0.230 e. The summed E-state index contributed by atoms with van der Waals surface area (Å²) in [7, 11) is 0. The minimum absolute atomic E-state index is 0.00149. The summed E-state index contributed by atoms with van der Waals surface area (Å²) in [6.07, 6.45) is 8.58. The Bertz CT molecular complexity index is 717. The van der Waals surface area contributed by atoms with E-state index in [1.807, 2.05) is 16.8 Å². The lowest BCUT2D eigenvalue weighted by atomic mass is 9.50. The van der Waals surface area contributed by atoms with Crippen molar-refractivity contribution in [3.63, 3.8) is 0 Å². The molecule has 2 heterocycles. The van der Waals surface area contributed by atoms with Crippen molar-refractivity contribution in [3.8, 4) is 0 Å². The molecular formula is C18H21N3OS2. The van der Waals surface area contributed by atoms with Gasteiger partial charge in [-0.15, -0.1) is 10.2 Å². The molecule has 6 rings (SSSR count). The molecule has 0 unspecified atom stereocenters. The van der Waals surface area contributed by atoms with Gasteiger partial charge in [0.25, 0.3) is 0 Å². The lowest BCUT2D eigenvalue weighted by molar-refractivity contribution is -0.115. The van der Waals surface area contributed by atoms with Gasteiger partial charge in [-0.3, -0.25) is 4.79 Å². The normalized spacial score (nSPS) is 33.8. The number of carbonyl (C=O) groups excluding carboxylic acids is 1. The standard InChI is InChI=1S/C18H21N3OS2/c22-15(6-11-1-2-23-10-11)19-17-21-20-16(24-17)18-7-12-3-13(8-18)5-14(4-12)9-18/h1-2,10,12-14H,3-9H2,(H,19,21,22). The van der Waals surface area contributed by atoms with Crippen LogP contribution in [0, 0.1) is 17.8 Å². The quantitative estimate of drug-likeness (QED) is 0.888. The van der Waals surface area contributed by atoms with Gasteiger partial charge >= 0.3 is 0 Å². The second-order valence-corrected chi connectivity index (χ2v) is 9.72. The number of hydrogen-bond acceptors (Lipinski definition) is 5. The van der Waals surface area contributed by atoms with Gasteiger partial charge in [-0.2, -0.15) is 11.3 Å². The molecule has 0 radical (unpaired) electrons. The first-order valence-electron chi connectivity index (χ1n) is 8.83. The maximum absolute atomic E-state index is 12.2. The van der Waals surface area contributed by atoms with E-state index in [0.29, 0.717) is 11.6 Å². The number of carbonyl (C=O) groups is 1. The molecule has 4 fully saturated rings. The zero-order chi connectivity index (χ0) is 16.1. The van der Waals surface area contributed by atoms with Crippen molar-refractivity contribution in [2.45, 2.75) is 50.4 Å². The summed E-state index contributed by atoms with van der Waals surface area (Å²) in [6, 6.07) is 1.99. The van der Waals surface area contributed by atoms with Gasteiger partial charge in [0.15, 0.2) is 0 Å². The second-order valence-electron chi connectivity index (χ2n) is 7.97. The number of anilines is 1. The Labute approximate surface area is 149 Å². The summed E-state index contributed by atoms with van der Waals surface area (Å²) < 4.78 is 0. The van der Waals surface area contributed by atoms with E-state index in [1.165, 1.54) is 43.5 Å². The molecule has 0 saturated heterocycles. The van der Waals surface area contributed by atoms with Crippen LogP contribution in [0.4, 0.5) is 5.13 Å². The van der Waals surface area contributed by atoms with E-state index in [0.717, 1.165) is 23.3 Å². The molecule has 0 aliphatic heterocycles. The topological polar surface area (TPSA) is 54.9 Å². The highest BCUT2D eigenvalue weighted by Gasteiger charge is 2.53. The number of nitrogens with one attached hydrogen (secondary N) is 1. The largest absolute Gasteiger partial charge is 0.300 e. The molecule has 4 nitrogen and oxygen atoms in total. The summed E-state index contributed by atoms with van der Waals surface area (Å²) in [5, 5.41) is 17.6. The Kier molecular flexibility index (Phi) is 3.52. The molecule has 0 spiro atoms. The molecule has 2 aromatic heterocycles. The van der Waals surface area contributed by atoms with Gasteiger partial charge in [0.1, 0.15) is 5.01 Å². The van der Waals surface area contributed by atoms with Gasteiger partial charge < -0.3 is 5.32 Å². The van der Waals surface area contributed by atoms with Crippen LogP contribution >= 0.6 is 22.7 Å².